The van der Waals surface area contributed by atoms with E-state index < -0.39 is 0 Å². The molecule has 0 radical (unpaired) electrons. The molecule has 0 unspecified atom stereocenters. The highest BCUT2D eigenvalue weighted by Gasteiger charge is 2.35. The summed E-state index contributed by atoms with van der Waals surface area (Å²) in [5, 5.41) is 11.0. The van der Waals surface area contributed by atoms with Crippen LogP contribution in [0.1, 0.15) is 23.2 Å². The predicted octanol–water partition coefficient (Wildman–Crippen LogP) is 1.39. The first-order chi connectivity index (χ1) is 9.81. The number of amides is 1. The Bertz CT molecular complexity index is 642. The van der Waals surface area contributed by atoms with Gasteiger partial charge in [0.2, 0.25) is 0 Å². The molecule has 3 aliphatic rings. The summed E-state index contributed by atoms with van der Waals surface area (Å²) in [6.45, 7) is 3.38. The maximum Gasteiger partial charge on any atom is 0.252 e. The number of hydrogen-bond donors (Lipinski definition) is 2. The molecule has 1 aromatic heterocycles. The highest BCUT2D eigenvalue weighted by Crippen LogP contribution is 2.28. The van der Waals surface area contributed by atoms with E-state index in [2.05, 4.69) is 20.4 Å². The number of nitrogens with one attached hydrogen (secondary N) is 2. The van der Waals surface area contributed by atoms with Gasteiger partial charge in [-0.3, -0.25) is 9.89 Å². The predicted molar refractivity (Wildman–Crippen MR) is 76.5 cm³/mol. The van der Waals surface area contributed by atoms with E-state index >= 15 is 0 Å². The third-order valence-corrected chi connectivity index (χ3v) is 4.70. The minimum absolute atomic E-state index is 0.0238. The normalized spacial score (nSPS) is 28.7. The van der Waals surface area contributed by atoms with E-state index in [1.165, 1.54) is 25.9 Å². The number of aromatic nitrogens is 2. The Morgan fingerprint density at radius 2 is 2.20 bits per heavy atom. The molecule has 104 valence electrons. The summed E-state index contributed by atoms with van der Waals surface area (Å²) in [6.07, 6.45) is 4.14. The maximum atomic E-state index is 12.5. The highest BCUT2D eigenvalue weighted by atomic mass is 16.1. The van der Waals surface area contributed by atoms with Gasteiger partial charge in [-0.15, -0.1) is 0 Å². The van der Waals surface area contributed by atoms with Gasteiger partial charge >= 0.3 is 0 Å². The maximum absolute atomic E-state index is 12.5. The molecule has 0 aliphatic carbocycles. The van der Waals surface area contributed by atoms with Gasteiger partial charge in [-0.25, -0.2) is 0 Å². The van der Waals surface area contributed by atoms with E-state index in [1.807, 2.05) is 18.2 Å². The number of carbonyl (C=O) groups is 1. The Hall–Kier alpha value is -1.88. The van der Waals surface area contributed by atoms with Crippen LogP contribution in [-0.4, -0.2) is 46.7 Å². The molecule has 1 amide bonds. The smallest absolute Gasteiger partial charge is 0.252 e. The minimum Gasteiger partial charge on any atom is -0.348 e. The molecule has 3 fully saturated rings. The fraction of sp³-hybridized carbons (Fsp3) is 0.467. The van der Waals surface area contributed by atoms with Crippen LogP contribution in [0, 0.1) is 5.92 Å². The quantitative estimate of drug-likeness (QED) is 0.867. The lowest BCUT2D eigenvalue weighted by Gasteiger charge is -2.44. The summed E-state index contributed by atoms with van der Waals surface area (Å²) in [6, 6.07) is 6.00. The topological polar surface area (TPSA) is 61.0 Å². The largest absolute Gasteiger partial charge is 0.348 e. The number of piperidine rings is 3. The van der Waals surface area contributed by atoms with Crippen LogP contribution in [0.25, 0.3) is 10.9 Å². The summed E-state index contributed by atoms with van der Waals surface area (Å²) < 4.78 is 0. The molecule has 20 heavy (non-hydrogen) atoms. The molecule has 3 aliphatic heterocycles. The summed E-state index contributed by atoms with van der Waals surface area (Å²) in [4.78, 5) is 15.0. The van der Waals surface area contributed by atoms with E-state index in [-0.39, 0.29) is 5.91 Å². The van der Waals surface area contributed by atoms with Gasteiger partial charge in [0, 0.05) is 18.0 Å². The minimum atomic E-state index is 0.0238. The second-order valence-corrected chi connectivity index (χ2v) is 5.85. The molecule has 0 saturated carbocycles. The number of hydrogen-bond acceptors (Lipinski definition) is 3. The van der Waals surface area contributed by atoms with Crippen molar-refractivity contribution >= 4 is 16.8 Å². The number of rotatable bonds is 2. The first-order valence-corrected chi connectivity index (χ1v) is 7.26. The van der Waals surface area contributed by atoms with E-state index in [0.29, 0.717) is 17.5 Å². The lowest BCUT2D eigenvalue weighted by molar-refractivity contribution is 0.0621. The molecule has 5 heteroatoms. The number of H-pyrrole nitrogens is 1. The lowest BCUT2D eigenvalue weighted by atomic mass is 9.84. The zero-order valence-electron chi connectivity index (χ0n) is 11.3. The van der Waals surface area contributed by atoms with Crippen molar-refractivity contribution in [3.8, 4) is 0 Å². The molecule has 4 heterocycles. The van der Waals surface area contributed by atoms with Crippen molar-refractivity contribution in [2.45, 2.75) is 18.9 Å². The summed E-state index contributed by atoms with van der Waals surface area (Å²) in [5.74, 6) is 0.670. The van der Waals surface area contributed by atoms with Crippen LogP contribution in [0.4, 0.5) is 0 Å². The summed E-state index contributed by atoms with van der Waals surface area (Å²) in [5.41, 5.74) is 1.62. The molecule has 5 rings (SSSR count). The van der Waals surface area contributed by atoms with E-state index in [1.54, 1.807) is 6.20 Å². The van der Waals surface area contributed by atoms with Crippen LogP contribution >= 0.6 is 0 Å². The number of aromatic amines is 1. The molecule has 2 bridgehead atoms. The van der Waals surface area contributed by atoms with Gasteiger partial charge in [0.25, 0.3) is 5.91 Å². The summed E-state index contributed by atoms with van der Waals surface area (Å²) >= 11 is 0. The van der Waals surface area contributed by atoms with E-state index in [0.717, 1.165) is 17.4 Å². The number of nitrogens with zero attached hydrogens (tertiary/aromatic N) is 2. The van der Waals surface area contributed by atoms with Crippen molar-refractivity contribution in [3.05, 3.63) is 30.0 Å². The Labute approximate surface area is 117 Å². The standard InChI is InChI=1S/C15H18N4O/c20-15(11-2-1-3-13-12(11)8-16-18-13)17-14-9-19-6-4-10(14)5-7-19/h1-3,8,10,14H,4-7,9H2,(H,16,18)(H,17,20)/t14-/m1/s1. The zero-order chi connectivity index (χ0) is 13.5. The summed E-state index contributed by atoms with van der Waals surface area (Å²) in [7, 11) is 0. The van der Waals surface area contributed by atoms with Crippen molar-refractivity contribution in [2.24, 2.45) is 5.92 Å². The van der Waals surface area contributed by atoms with Gasteiger partial charge < -0.3 is 10.2 Å². The Kier molecular flexibility index (Phi) is 2.73. The molecule has 1 aromatic carbocycles. The van der Waals surface area contributed by atoms with Gasteiger partial charge in [-0.05, 0) is 44.0 Å². The Morgan fingerprint density at radius 1 is 1.35 bits per heavy atom. The molecule has 1 atom stereocenters. The first kappa shape index (κ1) is 11.9. The molecule has 0 spiro atoms. The van der Waals surface area contributed by atoms with Gasteiger partial charge in [-0.1, -0.05) is 6.07 Å². The van der Waals surface area contributed by atoms with Crippen LogP contribution < -0.4 is 5.32 Å². The average Bonchev–Trinajstić information content (AvgIpc) is 2.96. The molecule has 5 nitrogen and oxygen atoms in total. The van der Waals surface area contributed by atoms with Crippen molar-refractivity contribution < 1.29 is 4.79 Å². The zero-order valence-corrected chi connectivity index (χ0v) is 11.3. The van der Waals surface area contributed by atoms with Gasteiger partial charge in [-0.2, -0.15) is 5.10 Å². The SMILES string of the molecule is O=C(N[C@@H]1CN2CCC1CC2)c1cccc2[nH]ncc12. The van der Waals surface area contributed by atoms with Gasteiger partial charge in [0.05, 0.1) is 17.3 Å². The van der Waals surface area contributed by atoms with Crippen molar-refractivity contribution in [1.29, 1.82) is 0 Å². The molecular formula is C15H18N4O. The third kappa shape index (κ3) is 1.89. The number of benzene rings is 1. The number of carbonyl (C=O) groups excluding carboxylic acids is 1. The average molecular weight is 270 g/mol. The molecular weight excluding hydrogens is 252 g/mol. The van der Waals surface area contributed by atoms with Crippen LogP contribution in [0.15, 0.2) is 24.4 Å². The fourth-order valence-electron chi connectivity index (χ4n) is 3.54. The lowest BCUT2D eigenvalue weighted by Crippen LogP contribution is -2.57. The highest BCUT2D eigenvalue weighted by molar-refractivity contribution is 6.06. The second-order valence-electron chi connectivity index (χ2n) is 5.85. The number of fused-ring (bicyclic) bond motifs is 4. The van der Waals surface area contributed by atoms with Gasteiger partial charge in [0.15, 0.2) is 0 Å². The van der Waals surface area contributed by atoms with Crippen LogP contribution in [0.3, 0.4) is 0 Å². The molecule has 2 N–H and O–H groups in total. The Morgan fingerprint density at radius 3 is 2.95 bits per heavy atom. The second kappa shape index (κ2) is 4.59. The van der Waals surface area contributed by atoms with Crippen LogP contribution in [0.2, 0.25) is 0 Å². The molecule has 3 saturated heterocycles. The van der Waals surface area contributed by atoms with Gasteiger partial charge in [0.1, 0.15) is 0 Å². The van der Waals surface area contributed by atoms with Crippen molar-refractivity contribution in [2.75, 3.05) is 19.6 Å². The monoisotopic (exact) mass is 270 g/mol. The van der Waals surface area contributed by atoms with Crippen LogP contribution in [-0.2, 0) is 0 Å². The first-order valence-electron chi connectivity index (χ1n) is 7.26. The fourth-order valence-corrected chi connectivity index (χ4v) is 3.54. The van der Waals surface area contributed by atoms with Crippen molar-refractivity contribution in [3.63, 3.8) is 0 Å². The molecule has 2 aromatic rings. The van der Waals surface area contributed by atoms with E-state index in [9.17, 15) is 4.79 Å². The van der Waals surface area contributed by atoms with E-state index in [4.69, 9.17) is 0 Å². The van der Waals surface area contributed by atoms with Crippen molar-refractivity contribution in [1.82, 2.24) is 20.4 Å². The third-order valence-electron chi connectivity index (χ3n) is 4.70. The van der Waals surface area contributed by atoms with Crippen LogP contribution in [0.5, 0.6) is 0 Å². The Balaban J connectivity index is 1.57.